The van der Waals surface area contributed by atoms with Gasteiger partial charge in [0.25, 0.3) is 0 Å². The van der Waals surface area contributed by atoms with Gasteiger partial charge in [-0.05, 0) is 18.6 Å². The van der Waals surface area contributed by atoms with E-state index in [1.54, 1.807) is 6.33 Å². The lowest BCUT2D eigenvalue weighted by Gasteiger charge is -2.23. The first-order valence-electron chi connectivity index (χ1n) is 7.63. The van der Waals surface area contributed by atoms with Crippen LogP contribution in [0.1, 0.15) is 18.0 Å². The van der Waals surface area contributed by atoms with Crippen LogP contribution in [0.3, 0.4) is 0 Å². The van der Waals surface area contributed by atoms with E-state index in [0.717, 1.165) is 48.8 Å². The Morgan fingerprint density at radius 3 is 3.00 bits per heavy atom. The van der Waals surface area contributed by atoms with Crippen LogP contribution in [-0.2, 0) is 19.5 Å². The average molecular weight is 294 g/mol. The molecule has 1 unspecified atom stereocenters. The Labute approximate surface area is 129 Å². The third-order valence-electron chi connectivity index (χ3n) is 4.09. The summed E-state index contributed by atoms with van der Waals surface area (Å²) in [5.41, 5.74) is 1.11. The molecule has 112 valence electrons. The smallest absolute Gasteiger partial charge is 0.138 e. The van der Waals surface area contributed by atoms with Crippen molar-refractivity contribution < 1.29 is 4.42 Å². The lowest BCUT2D eigenvalue weighted by Crippen LogP contribution is -2.37. The van der Waals surface area contributed by atoms with Gasteiger partial charge in [-0.1, -0.05) is 30.3 Å². The van der Waals surface area contributed by atoms with Gasteiger partial charge in [-0.15, -0.1) is 0 Å². The van der Waals surface area contributed by atoms with E-state index in [4.69, 9.17) is 4.42 Å². The molecule has 0 amide bonds. The number of furan rings is 1. The second kappa shape index (κ2) is 5.77. The van der Waals surface area contributed by atoms with Crippen molar-refractivity contribution in [3.05, 3.63) is 60.4 Å². The first kappa shape index (κ1) is 13.3. The van der Waals surface area contributed by atoms with Gasteiger partial charge in [0, 0.05) is 18.0 Å². The SMILES string of the molecule is c1ccc(-c2ccc(CNC3CCc4ncnn4C3)o2)cc1. The van der Waals surface area contributed by atoms with Crippen LogP contribution in [0.5, 0.6) is 0 Å². The molecule has 5 heteroatoms. The second-order valence-corrected chi connectivity index (χ2v) is 5.61. The number of hydrogen-bond donors (Lipinski definition) is 1. The van der Waals surface area contributed by atoms with Gasteiger partial charge in [0.1, 0.15) is 23.7 Å². The van der Waals surface area contributed by atoms with Crippen molar-refractivity contribution in [3.8, 4) is 11.3 Å². The number of hydrogen-bond acceptors (Lipinski definition) is 4. The molecule has 1 N–H and O–H groups in total. The summed E-state index contributed by atoms with van der Waals surface area (Å²) in [7, 11) is 0. The number of aryl methyl sites for hydroxylation is 1. The fourth-order valence-corrected chi connectivity index (χ4v) is 2.88. The van der Waals surface area contributed by atoms with E-state index in [-0.39, 0.29) is 0 Å². The Bertz CT molecular complexity index is 747. The highest BCUT2D eigenvalue weighted by atomic mass is 16.3. The van der Waals surface area contributed by atoms with Gasteiger partial charge < -0.3 is 9.73 Å². The van der Waals surface area contributed by atoms with Crippen LogP contribution < -0.4 is 5.32 Å². The molecule has 1 aliphatic heterocycles. The second-order valence-electron chi connectivity index (χ2n) is 5.61. The molecule has 1 atom stereocenters. The zero-order valence-electron chi connectivity index (χ0n) is 12.3. The molecule has 4 rings (SSSR count). The Morgan fingerprint density at radius 1 is 1.18 bits per heavy atom. The Balaban J connectivity index is 1.38. The number of rotatable bonds is 4. The lowest BCUT2D eigenvalue weighted by molar-refractivity contribution is 0.345. The molecule has 1 aliphatic rings. The van der Waals surface area contributed by atoms with Crippen molar-refractivity contribution in [1.29, 1.82) is 0 Å². The fourth-order valence-electron chi connectivity index (χ4n) is 2.88. The molecule has 0 saturated carbocycles. The van der Waals surface area contributed by atoms with Crippen LogP contribution in [-0.4, -0.2) is 20.8 Å². The molecule has 0 bridgehead atoms. The zero-order chi connectivity index (χ0) is 14.8. The quantitative estimate of drug-likeness (QED) is 0.803. The van der Waals surface area contributed by atoms with E-state index in [0.29, 0.717) is 6.04 Å². The molecule has 3 aromatic rings. The van der Waals surface area contributed by atoms with Gasteiger partial charge in [-0.25, -0.2) is 9.67 Å². The molecule has 5 nitrogen and oxygen atoms in total. The summed E-state index contributed by atoms with van der Waals surface area (Å²) in [4.78, 5) is 4.25. The lowest BCUT2D eigenvalue weighted by atomic mass is 10.1. The average Bonchev–Trinajstić information content (AvgIpc) is 3.22. The zero-order valence-corrected chi connectivity index (χ0v) is 12.3. The molecule has 3 heterocycles. The number of aromatic nitrogens is 3. The third-order valence-corrected chi connectivity index (χ3v) is 4.09. The van der Waals surface area contributed by atoms with Gasteiger partial charge in [0.2, 0.25) is 0 Å². The van der Waals surface area contributed by atoms with Crippen molar-refractivity contribution in [2.24, 2.45) is 0 Å². The van der Waals surface area contributed by atoms with E-state index < -0.39 is 0 Å². The molecular weight excluding hydrogens is 276 g/mol. The minimum absolute atomic E-state index is 0.416. The van der Waals surface area contributed by atoms with Gasteiger partial charge in [0.05, 0.1) is 13.1 Å². The minimum atomic E-state index is 0.416. The van der Waals surface area contributed by atoms with Crippen LogP contribution >= 0.6 is 0 Å². The van der Waals surface area contributed by atoms with Crippen molar-refractivity contribution in [3.63, 3.8) is 0 Å². The van der Waals surface area contributed by atoms with E-state index in [2.05, 4.69) is 27.5 Å². The molecule has 0 fully saturated rings. The molecule has 22 heavy (non-hydrogen) atoms. The van der Waals surface area contributed by atoms with Gasteiger partial charge in [-0.2, -0.15) is 5.10 Å². The van der Waals surface area contributed by atoms with Crippen LogP contribution in [0.4, 0.5) is 0 Å². The van der Waals surface area contributed by atoms with E-state index >= 15 is 0 Å². The summed E-state index contributed by atoms with van der Waals surface area (Å²) in [6, 6.07) is 14.7. The molecule has 1 aromatic carbocycles. The van der Waals surface area contributed by atoms with Gasteiger partial charge in [0.15, 0.2) is 0 Å². The number of benzene rings is 1. The number of nitrogens with one attached hydrogen (secondary N) is 1. The maximum Gasteiger partial charge on any atom is 0.138 e. The minimum Gasteiger partial charge on any atom is -0.460 e. The molecule has 2 aromatic heterocycles. The summed E-state index contributed by atoms with van der Waals surface area (Å²) in [5.74, 6) is 2.96. The van der Waals surface area contributed by atoms with Crippen molar-refractivity contribution >= 4 is 0 Å². The summed E-state index contributed by atoms with van der Waals surface area (Å²) in [5, 5.41) is 7.80. The molecule has 0 radical (unpaired) electrons. The number of nitrogens with zero attached hydrogens (tertiary/aromatic N) is 3. The van der Waals surface area contributed by atoms with Crippen molar-refractivity contribution in [2.75, 3.05) is 0 Å². The Morgan fingerprint density at radius 2 is 2.09 bits per heavy atom. The first-order valence-corrected chi connectivity index (χ1v) is 7.63. The topological polar surface area (TPSA) is 55.9 Å². The largest absolute Gasteiger partial charge is 0.460 e. The predicted octanol–water partition coefficient (Wildman–Crippen LogP) is 2.64. The third kappa shape index (κ3) is 2.67. The highest BCUT2D eigenvalue weighted by Crippen LogP contribution is 2.22. The standard InChI is InChI=1S/C17H18N4O/c1-2-4-13(5-3-1)16-8-7-15(22-16)10-18-14-6-9-17-19-12-20-21(17)11-14/h1-5,7-8,12,14,18H,6,9-11H2. The fraction of sp³-hybridized carbons (Fsp3) is 0.294. The molecule has 0 saturated heterocycles. The van der Waals surface area contributed by atoms with Crippen LogP contribution in [0.2, 0.25) is 0 Å². The summed E-state index contributed by atoms with van der Waals surface area (Å²) in [6.45, 7) is 1.61. The van der Waals surface area contributed by atoms with Gasteiger partial charge in [-0.3, -0.25) is 0 Å². The highest BCUT2D eigenvalue weighted by Gasteiger charge is 2.19. The van der Waals surface area contributed by atoms with E-state index in [9.17, 15) is 0 Å². The van der Waals surface area contributed by atoms with E-state index in [1.807, 2.05) is 35.0 Å². The maximum atomic E-state index is 5.92. The van der Waals surface area contributed by atoms with Crippen LogP contribution in [0.25, 0.3) is 11.3 Å². The Kier molecular flexibility index (Phi) is 3.48. The molecular formula is C17H18N4O. The normalized spacial score (nSPS) is 17.4. The maximum absolute atomic E-state index is 5.92. The Hall–Kier alpha value is -2.40. The van der Waals surface area contributed by atoms with Crippen LogP contribution in [0.15, 0.2) is 53.2 Å². The van der Waals surface area contributed by atoms with Crippen molar-refractivity contribution in [2.45, 2.75) is 32.0 Å². The molecule has 0 spiro atoms. The summed E-state index contributed by atoms with van der Waals surface area (Å²) < 4.78 is 7.90. The highest BCUT2D eigenvalue weighted by molar-refractivity contribution is 5.57. The first-order chi connectivity index (χ1) is 10.9. The summed E-state index contributed by atoms with van der Waals surface area (Å²) in [6.07, 6.45) is 3.70. The summed E-state index contributed by atoms with van der Waals surface area (Å²) >= 11 is 0. The number of fused-ring (bicyclic) bond motifs is 1. The van der Waals surface area contributed by atoms with Crippen LogP contribution in [0, 0.1) is 0 Å². The van der Waals surface area contributed by atoms with Crippen molar-refractivity contribution in [1.82, 2.24) is 20.1 Å². The van der Waals surface area contributed by atoms with Gasteiger partial charge >= 0.3 is 0 Å². The molecule has 0 aliphatic carbocycles. The van der Waals surface area contributed by atoms with E-state index in [1.165, 1.54) is 0 Å². The monoisotopic (exact) mass is 294 g/mol. The predicted molar refractivity (Wildman–Crippen MR) is 83.1 cm³/mol.